The molecule has 180 valence electrons. The molecule has 0 aliphatic carbocycles. The van der Waals surface area contributed by atoms with Crippen molar-refractivity contribution in [1.82, 2.24) is 24.6 Å². The number of anilines is 1. The van der Waals surface area contributed by atoms with E-state index in [0.29, 0.717) is 49.0 Å². The smallest absolute Gasteiger partial charge is 0.254 e. The zero-order valence-corrected chi connectivity index (χ0v) is 20.2. The molecule has 0 radical (unpaired) electrons. The largest absolute Gasteiger partial charge is 0.467 e. The maximum Gasteiger partial charge on any atom is 0.254 e. The van der Waals surface area contributed by atoms with Crippen LogP contribution in [0.25, 0.3) is 22.3 Å². The molecule has 1 aliphatic rings. The molecule has 8 nitrogen and oxygen atoms in total. The van der Waals surface area contributed by atoms with Gasteiger partial charge in [-0.05, 0) is 30.3 Å². The second kappa shape index (κ2) is 9.47. The molecule has 5 aromatic rings. The summed E-state index contributed by atoms with van der Waals surface area (Å²) in [7, 11) is 0. The maximum atomic E-state index is 13.8. The van der Waals surface area contributed by atoms with Gasteiger partial charge in [0.05, 0.1) is 34.1 Å². The molecular formula is C27H23ClN6O2. The minimum absolute atomic E-state index is 0.0381. The van der Waals surface area contributed by atoms with Crippen LogP contribution in [0, 0.1) is 0 Å². The van der Waals surface area contributed by atoms with Gasteiger partial charge in [-0.2, -0.15) is 5.10 Å². The molecule has 0 bridgehead atoms. The van der Waals surface area contributed by atoms with Crippen molar-refractivity contribution in [3.05, 3.63) is 95.7 Å². The van der Waals surface area contributed by atoms with Gasteiger partial charge in [0.25, 0.3) is 5.91 Å². The second-order valence-electron chi connectivity index (χ2n) is 8.63. The van der Waals surface area contributed by atoms with Gasteiger partial charge in [0, 0.05) is 37.9 Å². The topological polar surface area (TPSA) is 80.3 Å². The van der Waals surface area contributed by atoms with Crippen molar-refractivity contribution in [2.45, 2.75) is 6.54 Å². The third-order valence-electron chi connectivity index (χ3n) is 6.40. The van der Waals surface area contributed by atoms with Crippen LogP contribution in [0.1, 0.15) is 16.1 Å². The Morgan fingerprint density at radius 1 is 1.00 bits per heavy atom. The minimum atomic E-state index is -0.0381. The number of furan rings is 1. The van der Waals surface area contributed by atoms with Crippen LogP contribution in [0.15, 0.2) is 83.7 Å². The van der Waals surface area contributed by atoms with Crippen molar-refractivity contribution in [3.63, 3.8) is 0 Å². The van der Waals surface area contributed by atoms with Crippen molar-refractivity contribution in [3.8, 4) is 11.3 Å². The Morgan fingerprint density at radius 2 is 1.83 bits per heavy atom. The first-order chi connectivity index (χ1) is 17.7. The van der Waals surface area contributed by atoms with Crippen LogP contribution in [0.4, 0.5) is 5.82 Å². The van der Waals surface area contributed by atoms with Gasteiger partial charge in [-0.15, -0.1) is 0 Å². The number of hydrogen-bond donors (Lipinski definition) is 0. The van der Waals surface area contributed by atoms with E-state index in [1.807, 2.05) is 65.6 Å². The molecule has 1 aromatic carbocycles. The van der Waals surface area contributed by atoms with Gasteiger partial charge in [-0.1, -0.05) is 41.9 Å². The quantitative estimate of drug-likeness (QED) is 0.348. The highest BCUT2D eigenvalue weighted by Gasteiger charge is 2.27. The molecule has 5 heterocycles. The maximum absolute atomic E-state index is 13.8. The fourth-order valence-electron chi connectivity index (χ4n) is 4.55. The van der Waals surface area contributed by atoms with Crippen LogP contribution in [0.5, 0.6) is 0 Å². The highest BCUT2D eigenvalue weighted by atomic mass is 35.5. The molecule has 0 spiro atoms. The summed E-state index contributed by atoms with van der Waals surface area (Å²) < 4.78 is 7.29. The number of rotatable bonds is 5. The molecule has 1 aliphatic heterocycles. The summed E-state index contributed by atoms with van der Waals surface area (Å²) in [6.07, 6.45) is 5.09. The first-order valence-corrected chi connectivity index (χ1v) is 12.1. The number of carbonyl (C=O) groups is 1. The molecule has 9 heteroatoms. The van der Waals surface area contributed by atoms with Crippen molar-refractivity contribution in [1.29, 1.82) is 0 Å². The predicted molar refractivity (Wildman–Crippen MR) is 138 cm³/mol. The van der Waals surface area contributed by atoms with E-state index in [2.05, 4.69) is 15.0 Å². The number of fused-ring (bicyclic) bond motifs is 1. The third-order valence-corrected chi connectivity index (χ3v) is 6.70. The third kappa shape index (κ3) is 4.20. The minimum Gasteiger partial charge on any atom is -0.467 e. The molecule has 4 aromatic heterocycles. The molecule has 1 fully saturated rings. The second-order valence-corrected chi connectivity index (χ2v) is 9.04. The molecule has 0 N–H and O–H groups in total. The van der Waals surface area contributed by atoms with Crippen molar-refractivity contribution in [2.24, 2.45) is 0 Å². The summed E-state index contributed by atoms with van der Waals surface area (Å²) >= 11 is 6.34. The lowest BCUT2D eigenvalue weighted by Crippen LogP contribution is -2.49. The lowest BCUT2D eigenvalue weighted by atomic mass is 10.1. The number of pyridine rings is 2. The molecule has 6 rings (SSSR count). The SMILES string of the molecule is O=C(c1cc(-c2ccccc2)nc2c1cnn2Cc1ccco1)N1CCN(c2ncccc2Cl)CC1. The number of benzene rings is 1. The summed E-state index contributed by atoms with van der Waals surface area (Å²) in [6, 6.07) is 19.1. The number of aromatic nitrogens is 4. The van der Waals surface area contributed by atoms with Gasteiger partial charge >= 0.3 is 0 Å². The van der Waals surface area contributed by atoms with Gasteiger partial charge in [0.2, 0.25) is 0 Å². The summed E-state index contributed by atoms with van der Waals surface area (Å²) in [5, 5.41) is 5.89. The Balaban J connectivity index is 1.34. The fourth-order valence-corrected chi connectivity index (χ4v) is 4.79. The Hall–Kier alpha value is -4.17. The van der Waals surface area contributed by atoms with Gasteiger partial charge < -0.3 is 14.2 Å². The number of nitrogens with zero attached hydrogens (tertiary/aromatic N) is 6. The Morgan fingerprint density at radius 3 is 2.58 bits per heavy atom. The van der Waals surface area contributed by atoms with E-state index in [1.165, 1.54) is 0 Å². The van der Waals surface area contributed by atoms with Gasteiger partial charge in [-0.25, -0.2) is 14.6 Å². The number of piperazine rings is 1. The Bertz CT molecular complexity index is 1510. The Labute approximate surface area is 212 Å². The average Bonchev–Trinajstić information content (AvgIpc) is 3.59. The van der Waals surface area contributed by atoms with Gasteiger partial charge in [-0.3, -0.25) is 4.79 Å². The first kappa shape index (κ1) is 22.3. The Kier molecular flexibility index (Phi) is 5.87. The van der Waals surface area contributed by atoms with E-state index in [9.17, 15) is 4.79 Å². The molecule has 0 unspecified atom stereocenters. The monoisotopic (exact) mass is 498 g/mol. The summed E-state index contributed by atoms with van der Waals surface area (Å²) in [5.74, 6) is 1.48. The van der Waals surface area contributed by atoms with Gasteiger partial charge in [0.15, 0.2) is 5.65 Å². The highest BCUT2D eigenvalue weighted by Crippen LogP contribution is 2.28. The molecule has 0 atom stereocenters. The van der Waals surface area contributed by atoms with Crippen LogP contribution in [0.3, 0.4) is 0 Å². The van der Waals surface area contributed by atoms with E-state index < -0.39 is 0 Å². The number of amides is 1. The van der Waals surface area contributed by atoms with E-state index in [-0.39, 0.29) is 5.91 Å². The fraction of sp³-hybridized carbons (Fsp3) is 0.185. The first-order valence-electron chi connectivity index (χ1n) is 11.8. The van der Waals surface area contributed by atoms with Crippen LogP contribution >= 0.6 is 11.6 Å². The molecule has 36 heavy (non-hydrogen) atoms. The van der Waals surface area contributed by atoms with Crippen LogP contribution < -0.4 is 4.90 Å². The van der Waals surface area contributed by atoms with Crippen LogP contribution in [-0.4, -0.2) is 56.7 Å². The van der Waals surface area contributed by atoms with Crippen molar-refractivity contribution >= 4 is 34.4 Å². The zero-order chi connectivity index (χ0) is 24.5. The van der Waals surface area contributed by atoms with E-state index in [1.54, 1.807) is 23.3 Å². The van der Waals surface area contributed by atoms with Crippen molar-refractivity contribution in [2.75, 3.05) is 31.1 Å². The standard InChI is InChI=1S/C27H23ClN6O2/c28-23-9-4-10-29-26(23)32-11-13-33(14-12-32)27(35)21-16-24(19-6-2-1-3-7-19)31-25-22(21)17-30-34(25)18-20-8-5-15-36-20/h1-10,15-17H,11-14,18H2. The number of carbonyl (C=O) groups excluding carboxylic acids is 1. The zero-order valence-electron chi connectivity index (χ0n) is 19.4. The van der Waals surface area contributed by atoms with Crippen molar-refractivity contribution < 1.29 is 9.21 Å². The number of halogens is 1. The number of hydrogen-bond acceptors (Lipinski definition) is 6. The van der Waals surface area contributed by atoms with Crippen LogP contribution in [-0.2, 0) is 6.54 Å². The summed E-state index contributed by atoms with van der Waals surface area (Å²) in [6.45, 7) is 2.87. The average molecular weight is 499 g/mol. The van der Waals surface area contributed by atoms with Crippen LogP contribution in [0.2, 0.25) is 5.02 Å². The van der Waals surface area contributed by atoms with E-state index >= 15 is 0 Å². The summed E-state index contributed by atoms with van der Waals surface area (Å²) in [4.78, 5) is 27.1. The van der Waals surface area contributed by atoms with E-state index in [0.717, 1.165) is 28.2 Å². The highest BCUT2D eigenvalue weighted by molar-refractivity contribution is 6.32. The predicted octanol–water partition coefficient (Wildman–Crippen LogP) is 4.75. The van der Waals surface area contributed by atoms with E-state index in [4.69, 9.17) is 21.0 Å². The molecule has 1 amide bonds. The van der Waals surface area contributed by atoms with Gasteiger partial charge in [0.1, 0.15) is 18.1 Å². The lowest BCUT2D eigenvalue weighted by Gasteiger charge is -2.35. The summed E-state index contributed by atoms with van der Waals surface area (Å²) in [5.41, 5.74) is 2.91. The normalized spacial score (nSPS) is 13.9. The molecule has 0 saturated carbocycles. The molecular weight excluding hydrogens is 476 g/mol. The lowest BCUT2D eigenvalue weighted by molar-refractivity contribution is 0.0748. The molecule has 1 saturated heterocycles.